The van der Waals surface area contributed by atoms with E-state index in [4.69, 9.17) is 0 Å². The van der Waals surface area contributed by atoms with Gasteiger partial charge in [-0.1, -0.05) is 20.3 Å². The number of hydrogen-bond acceptors (Lipinski definition) is 3. The molecule has 0 amide bonds. The zero-order valence-electron chi connectivity index (χ0n) is 9.32. The molecule has 4 heteroatoms. The average molecular weight is 196 g/mol. The van der Waals surface area contributed by atoms with Gasteiger partial charge < -0.3 is 5.32 Å². The molecule has 80 valence electrons. The highest BCUT2D eigenvalue weighted by atomic mass is 15.3. The molecule has 0 spiro atoms. The Morgan fingerprint density at radius 2 is 2.36 bits per heavy atom. The van der Waals surface area contributed by atoms with Gasteiger partial charge >= 0.3 is 0 Å². The molecule has 0 fully saturated rings. The zero-order valence-corrected chi connectivity index (χ0v) is 9.32. The number of rotatable bonds is 6. The standard InChI is InChI=1S/C10H20N4/c1-4-9(2)7-11-6-5-10-12-8-13-14(10)3/h8-9,11H,4-7H2,1-3H3. The van der Waals surface area contributed by atoms with Crippen LogP contribution in [-0.4, -0.2) is 27.9 Å². The molecule has 1 N–H and O–H groups in total. The van der Waals surface area contributed by atoms with Crippen molar-refractivity contribution in [3.63, 3.8) is 0 Å². The first-order valence-corrected chi connectivity index (χ1v) is 5.27. The van der Waals surface area contributed by atoms with Crippen LogP contribution in [0.5, 0.6) is 0 Å². The van der Waals surface area contributed by atoms with Gasteiger partial charge in [0.05, 0.1) is 0 Å². The Bertz CT molecular complexity index is 256. The smallest absolute Gasteiger partial charge is 0.138 e. The lowest BCUT2D eigenvalue weighted by Crippen LogP contribution is -2.24. The molecule has 0 aromatic carbocycles. The number of nitrogens with zero attached hydrogens (tertiary/aromatic N) is 3. The van der Waals surface area contributed by atoms with Gasteiger partial charge in [-0.15, -0.1) is 0 Å². The minimum Gasteiger partial charge on any atom is -0.316 e. The highest BCUT2D eigenvalue weighted by Crippen LogP contribution is 1.97. The van der Waals surface area contributed by atoms with Crippen LogP contribution < -0.4 is 5.32 Å². The van der Waals surface area contributed by atoms with Gasteiger partial charge in [-0.3, -0.25) is 4.68 Å². The van der Waals surface area contributed by atoms with Crippen LogP contribution in [0.15, 0.2) is 6.33 Å². The average Bonchev–Trinajstić information content (AvgIpc) is 2.58. The fraction of sp³-hybridized carbons (Fsp3) is 0.800. The van der Waals surface area contributed by atoms with E-state index in [2.05, 4.69) is 29.2 Å². The van der Waals surface area contributed by atoms with Crippen LogP contribution in [0, 0.1) is 5.92 Å². The van der Waals surface area contributed by atoms with Gasteiger partial charge in [0.1, 0.15) is 12.2 Å². The van der Waals surface area contributed by atoms with Crippen molar-refractivity contribution >= 4 is 0 Å². The lowest BCUT2D eigenvalue weighted by Gasteiger charge is -2.09. The van der Waals surface area contributed by atoms with Crippen LogP contribution in [0.3, 0.4) is 0 Å². The number of aryl methyl sites for hydroxylation is 1. The minimum absolute atomic E-state index is 0.759. The first kappa shape index (κ1) is 11.2. The lowest BCUT2D eigenvalue weighted by molar-refractivity contribution is 0.497. The second kappa shape index (κ2) is 5.75. The third-order valence-corrected chi connectivity index (χ3v) is 2.52. The fourth-order valence-corrected chi connectivity index (χ4v) is 1.24. The number of hydrogen-bond donors (Lipinski definition) is 1. The Kier molecular flexibility index (Phi) is 4.59. The Labute approximate surface area is 85.7 Å². The summed E-state index contributed by atoms with van der Waals surface area (Å²) < 4.78 is 1.82. The predicted molar refractivity (Wildman–Crippen MR) is 57.0 cm³/mol. The van der Waals surface area contributed by atoms with Crippen molar-refractivity contribution in [2.24, 2.45) is 13.0 Å². The van der Waals surface area contributed by atoms with E-state index in [0.29, 0.717) is 0 Å². The first-order valence-electron chi connectivity index (χ1n) is 5.27. The predicted octanol–water partition coefficient (Wildman–Crippen LogP) is 0.993. The molecule has 0 saturated heterocycles. The van der Waals surface area contributed by atoms with E-state index in [1.54, 1.807) is 6.33 Å². The molecule has 0 aliphatic heterocycles. The molecule has 1 heterocycles. The molecule has 1 unspecified atom stereocenters. The van der Waals surface area contributed by atoms with E-state index >= 15 is 0 Å². The third kappa shape index (κ3) is 3.46. The van der Waals surface area contributed by atoms with E-state index in [9.17, 15) is 0 Å². The molecule has 0 aliphatic carbocycles. The summed E-state index contributed by atoms with van der Waals surface area (Å²) in [6.45, 7) is 6.55. The zero-order chi connectivity index (χ0) is 10.4. The molecule has 0 radical (unpaired) electrons. The maximum absolute atomic E-state index is 4.16. The van der Waals surface area contributed by atoms with Crippen molar-refractivity contribution in [2.75, 3.05) is 13.1 Å². The van der Waals surface area contributed by atoms with Crippen molar-refractivity contribution in [2.45, 2.75) is 26.7 Å². The van der Waals surface area contributed by atoms with Gasteiger partial charge in [0.15, 0.2) is 0 Å². The Morgan fingerprint density at radius 3 is 2.93 bits per heavy atom. The Balaban J connectivity index is 2.13. The molecule has 4 nitrogen and oxygen atoms in total. The summed E-state index contributed by atoms with van der Waals surface area (Å²) in [5.41, 5.74) is 0. The fourth-order valence-electron chi connectivity index (χ4n) is 1.24. The summed E-state index contributed by atoms with van der Waals surface area (Å²) >= 11 is 0. The maximum Gasteiger partial charge on any atom is 0.138 e. The van der Waals surface area contributed by atoms with Crippen LogP contribution >= 0.6 is 0 Å². The molecule has 0 saturated carbocycles. The van der Waals surface area contributed by atoms with Crippen LogP contribution in [0.1, 0.15) is 26.1 Å². The highest BCUT2D eigenvalue weighted by Gasteiger charge is 2.00. The summed E-state index contributed by atoms with van der Waals surface area (Å²) in [7, 11) is 1.93. The van der Waals surface area contributed by atoms with Gasteiger partial charge in [-0.05, 0) is 12.5 Å². The molecule has 1 aromatic heterocycles. The largest absolute Gasteiger partial charge is 0.316 e. The summed E-state index contributed by atoms with van der Waals surface area (Å²) in [6.07, 6.45) is 3.79. The minimum atomic E-state index is 0.759. The summed E-state index contributed by atoms with van der Waals surface area (Å²) in [4.78, 5) is 4.16. The van der Waals surface area contributed by atoms with Crippen molar-refractivity contribution in [3.05, 3.63) is 12.2 Å². The van der Waals surface area contributed by atoms with E-state index < -0.39 is 0 Å². The summed E-state index contributed by atoms with van der Waals surface area (Å²) in [5, 5.41) is 7.44. The molecule has 0 bridgehead atoms. The van der Waals surface area contributed by atoms with Gasteiger partial charge in [0, 0.05) is 20.0 Å². The van der Waals surface area contributed by atoms with E-state index in [-0.39, 0.29) is 0 Å². The Hall–Kier alpha value is -0.900. The van der Waals surface area contributed by atoms with Gasteiger partial charge in [-0.25, -0.2) is 4.98 Å². The summed E-state index contributed by atoms with van der Waals surface area (Å²) in [5.74, 6) is 1.80. The van der Waals surface area contributed by atoms with Crippen molar-refractivity contribution in [1.82, 2.24) is 20.1 Å². The van der Waals surface area contributed by atoms with E-state index in [0.717, 1.165) is 31.3 Å². The molecule has 1 atom stereocenters. The monoisotopic (exact) mass is 196 g/mol. The molecule has 1 aromatic rings. The van der Waals surface area contributed by atoms with Crippen molar-refractivity contribution in [3.8, 4) is 0 Å². The van der Waals surface area contributed by atoms with Crippen LogP contribution in [0.25, 0.3) is 0 Å². The number of aromatic nitrogens is 3. The lowest BCUT2D eigenvalue weighted by atomic mass is 10.1. The molecule has 14 heavy (non-hydrogen) atoms. The van der Waals surface area contributed by atoms with Gasteiger partial charge in [-0.2, -0.15) is 5.10 Å². The van der Waals surface area contributed by atoms with Gasteiger partial charge in [0.25, 0.3) is 0 Å². The molecule has 1 rings (SSSR count). The second-order valence-electron chi connectivity index (χ2n) is 3.77. The topological polar surface area (TPSA) is 42.7 Å². The van der Waals surface area contributed by atoms with Crippen LogP contribution in [-0.2, 0) is 13.5 Å². The molecular weight excluding hydrogens is 176 g/mol. The van der Waals surface area contributed by atoms with E-state index in [1.165, 1.54) is 6.42 Å². The van der Waals surface area contributed by atoms with Crippen LogP contribution in [0.2, 0.25) is 0 Å². The van der Waals surface area contributed by atoms with Crippen molar-refractivity contribution < 1.29 is 0 Å². The maximum atomic E-state index is 4.16. The Morgan fingerprint density at radius 1 is 1.57 bits per heavy atom. The summed E-state index contributed by atoms with van der Waals surface area (Å²) in [6, 6.07) is 0. The molecular formula is C10H20N4. The first-order chi connectivity index (χ1) is 6.74. The second-order valence-corrected chi connectivity index (χ2v) is 3.77. The van der Waals surface area contributed by atoms with Crippen molar-refractivity contribution in [1.29, 1.82) is 0 Å². The quantitative estimate of drug-likeness (QED) is 0.690. The van der Waals surface area contributed by atoms with E-state index in [1.807, 2.05) is 11.7 Å². The normalized spacial score (nSPS) is 13.1. The third-order valence-electron chi connectivity index (χ3n) is 2.52. The van der Waals surface area contributed by atoms with Gasteiger partial charge in [0.2, 0.25) is 0 Å². The number of nitrogens with one attached hydrogen (secondary N) is 1. The SMILES string of the molecule is CCC(C)CNCCc1ncnn1C. The van der Waals surface area contributed by atoms with Crippen LogP contribution in [0.4, 0.5) is 0 Å². The highest BCUT2D eigenvalue weighted by molar-refractivity contribution is 4.83. The molecule has 0 aliphatic rings.